The molecule has 6 heteroatoms. The van der Waals surface area contributed by atoms with Crippen LogP contribution in [0.4, 0.5) is 4.39 Å². The Kier molecular flexibility index (Phi) is 5.04. The van der Waals surface area contributed by atoms with Gasteiger partial charge in [-0.3, -0.25) is 4.90 Å². The summed E-state index contributed by atoms with van der Waals surface area (Å²) >= 11 is 0. The Bertz CT molecular complexity index is 624. The topological polar surface area (TPSA) is 40.6 Å². The van der Waals surface area contributed by atoms with Crippen molar-refractivity contribution in [3.05, 3.63) is 30.1 Å². The highest BCUT2D eigenvalue weighted by Crippen LogP contribution is 2.28. The van der Waals surface area contributed by atoms with Crippen LogP contribution in [0.15, 0.2) is 29.2 Å². The zero-order valence-electron chi connectivity index (χ0n) is 13.6. The lowest BCUT2D eigenvalue weighted by Crippen LogP contribution is -2.52. The number of hydrogen-bond acceptors (Lipinski definition) is 3. The Labute approximate surface area is 138 Å². The van der Waals surface area contributed by atoms with Gasteiger partial charge in [0, 0.05) is 32.2 Å². The molecule has 1 aliphatic heterocycles. The van der Waals surface area contributed by atoms with Crippen LogP contribution in [0.3, 0.4) is 0 Å². The maximum absolute atomic E-state index is 13.0. The summed E-state index contributed by atoms with van der Waals surface area (Å²) in [6.07, 6.45) is 5.05. The van der Waals surface area contributed by atoms with Crippen molar-refractivity contribution in [3.63, 3.8) is 0 Å². The summed E-state index contributed by atoms with van der Waals surface area (Å²) < 4.78 is 39.8. The molecule has 1 saturated carbocycles. The molecule has 2 atom stereocenters. The molecule has 0 unspecified atom stereocenters. The van der Waals surface area contributed by atoms with Crippen LogP contribution >= 0.6 is 0 Å². The number of piperazine rings is 1. The molecule has 4 nitrogen and oxygen atoms in total. The van der Waals surface area contributed by atoms with Crippen LogP contribution in [0.25, 0.3) is 0 Å². The second kappa shape index (κ2) is 6.87. The monoisotopic (exact) mass is 340 g/mol. The van der Waals surface area contributed by atoms with Gasteiger partial charge in [-0.15, -0.1) is 0 Å². The van der Waals surface area contributed by atoms with Crippen LogP contribution in [-0.2, 0) is 10.0 Å². The molecule has 0 amide bonds. The van der Waals surface area contributed by atoms with E-state index in [4.69, 9.17) is 0 Å². The predicted octanol–water partition coefficient (Wildman–Crippen LogP) is 2.71. The summed E-state index contributed by atoms with van der Waals surface area (Å²) in [6.45, 7) is 4.92. The van der Waals surface area contributed by atoms with E-state index in [0.29, 0.717) is 19.1 Å². The lowest BCUT2D eigenvalue weighted by atomic mass is 9.86. The fourth-order valence-corrected chi connectivity index (χ4v) is 5.22. The minimum Gasteiger partial charge on any atom is -0.298 e. The number of rotatable bonds is 3. The van der Waals surface area contributed by atoms with Gasteiger partial charge in [0.2, 0.25) is 10.0 Å². The van der Waals surface area contributed by atoms with Gasteiger partial charge in [0.15, 0.2) is 0 Å². The van der Waals surface area contributed by atoms with Crippen LogP contribution < -0.4 is 0 Å². The van der Waals surface area contributed by atoms with E-state index in [2.05, 4.69) is 11.8 Å². The average molecular weight is 340 g/mol. The van der Waals surface area contributed by atoms with Crippen LogP contribution in [-0.4, -0.2) is 49.8 Å². The molecule has 3 rings (SSSR count). The van der Waals surface area contributed by atoms with E-state index in [9.17, 15) is 12.8 Å². The Morgan fingerprint density at radius 1 is 1.04 bits per heavy atom. The minimum atomic E-state index is -3.50. The molecule has 1 heterocycles. The number of sulfonamides is 1. The Morgan fingerprint density at radius 3 is 2.30 bits per heavy atom. The molecule has 128 valence electrons. The molecule has 0 radical (unpaired) electrons. The van der Waals surface area contributed by atoms with Crippen LogP contribution in [0.5, 0.6) is 0 Å². The molecule has 2 fully saturated rings. The highest BCUT2D eigenvalue weighted by molar-refractivity contribution is 7.89. The van der Waals surface area contributed by atoms with E-state index < -0.39 is 15.8 Å². The van der Waals surface area contributed by atoms with Gasteiger partial charge in [-0.1, -0.05) is 19.8 Å². The molecular formula is C17H25FN2O2S. The van der Waals surface area contributed by atoms with Crippen molar-refractivity contribution in [1.29, 1.82) is 0 Å². The van der Waals surface area contributed by atoms with Crippen molar-refractivity contribution in [3.8, 4) is 0 Å². The third-order valence-corrected chi connectivity index (χ3v) is 7.06. The van der Waals surface area contributed by atoms with E-state index in [1.165, 1.54) is 54.3 Å². The van der Waals surface area contributed by atoms with Crippen LogP contribution in [0.1, 0.15) is 32.6 Å². The molecule has 1 saturated heterocycles. The normalized spacial score (nSPS) is 27.9. The van der Waals surface area contributed by atoms with Gasteiger partial charge in [0.25, 0.3) is 0 Å². The van der Waals surface area contributed by atoms with E-state index in [-0.39, 0.29) is 4.90 Å². The minimum absolute atomic E-state index is 0.179. The van der Waals surface area contributed by atoms with Crippen LogP contribution in [0, 0.1) is 11.7 Å². The summed E-state index contributed by atoms with van der Waals surface area (Å²) in [5.74, 6) is 0.356. The fraction of sp³-hybridized carbons (Fsp3) is 0.647. The van der Waals surface area contributed by atoms with Gasteiger partial charge in [-0.05, 0) is 43.0 Å². The second-order valence-electron chi connectivity index (χ2n) is 6.82. The van der Waals surface area contributed by atoms with Crippen LogP contribution in [0.2, 0.25) is 0 Å². The number of benzene rings is 1. The van der Waals surface area contributed by atoms with Crippen molar-refractivity contribution in [1.82, 2.24) is 9.21 Å². The summed E-state index contributed by atoms with van der Waals surface area (Å²) in [5.41, 5.74) is 0. The van der Waals surface area contributed by atoms with Gasteiger partial charge >= 0.3 is 0 Å². The summed E-state index contributed by atoms with van der Waals surface area (Å²) in [5, 5.41) is 0. The van der Waals surface area contributed by atoms with Gasteiger partial charge in [-0.25, -0.2) is 12.8 Å². The van der Waals surface area contributed by atoms with Gasteiger partial charge in [0.1, 0.15) is 5.82 Å². The Morgan fingerprint density at radius 2 is 1.70 bits per heavy atom. The van der Waals surface area contributed by atoms with E-state index in [1.807, 2.05) is 0 Å². The quantitative estimate of drug-likeness (QED) is 0.849. The highest BCUT2D eigenvalue weighted by Gasteiger charge is 2.32. The van der Waals surface area contributed by atoms with E-state index >= 15 is 0 Å². The molecule has 1 aromatic rings. The Balaban J connectivity index is 1.63. The molecule has 1 aromatic carbocycles. The zero-order chi connectivity index (χ0) is 16.4. The van der Waals surface area contributed by atoms with Crippen molar-refractivity contribution < 1.29 is 12.8 Å². The fourth-order valence-electron chi connectivity index (χ4n) is 3.80. The van der Waals surface area contributed by atoms with E-state index in [1.54, 1.807) is 0 Å². The molecule has 1 aliphatic carbocycles. The molecule has 0 N–H and O–H groups in total. The van der Waals surface area contributed by atoms with Crippen molar-refractivity contribution in [2.24, 2.45) is 5.92 Å². The number of nitrogens with zero attached hydrogens (tertiary/aromatic N) is 2. The second-order valence-corrected chi connectivity index (χ2v) is 8.76. The van der Waals surface area contributed by atoms with Crippen molar-refractivity contribution in [2.75, 3.05) is 26.2 Å². The van der Waals surface area contributed by atoms with Crippen molar-refractivity contribution >= 4 is 10.0 Å². The molecule has 0 spiro atoms. The van der Waals surface area contributed by atoms with E-state index in [0.717, 1.165) is 19.0 Å². The number of halogens is 1. The third-order valence-electron chi connectivity index (χ3n) is 5.15. The first kappa shape index (κ1) is 16.9. The lowest BCUT2D eigenvalue weighted by molar-refractivity contribution is 0.0967. The van der Waals surface area contributed by atoms with Gasteiger partial charge in [-0.2, -0.15) is 4.31 Å². The lowest BCUT2D eigenvalue weighted by Gasteiger charge is -2.41. The Hall–Kier alpha value is -0.980. The first-order valence-corrected chi connectivity index (χ1v) is 9.90. The first-order chi connectivity index (χ1) is 11.0. The highest BCUT2D eigenvalue weighted by atomic mass is 32.2. The summed E-state index contributed by atoms with van der Waals surface area (Å²) in [7, 11) is -3.50. The first-order valence-electron chi connectivity index (χ1n) is 8.46. The van der Waals surface area contributed by atoms with Crippen molar-refractivity contribution in [2.45, 2.75) is 43.5 Å². The third kappa shape index (κ3) is 3.75. The smallest absolute Gasteiger partial charge is 0.243 e. The van der Waals surface area contributed by atoms with Gasteiger partial charge < -0.3 is 0 Å². The maximum Gasteiger partial charge on any atom is 0.243 e. The largest absolute Gasteiger partial charge is 0.298 e. The molecule has 0 aromatic heterocycles. The summed E-state index contributed by atoms with van der Waals surface area (Å²) in [4.78, 5) is 2.63. The summed E-state index contributed by atoms with van der Waals surface area (Å²) in [6, 6.07) is 5.70. The maximum atomic E-state index is 13.0. The molecular weight excluding hydrogens is 315 g/mol. The molecule has 2 aliphatic rings. The average Bonchev–Trinajstić information content (AvgIpc) is 2.55. The van der Waals surface area contributed by atoms with Gasteiger partial charge in [0.05, 0.1) is 4.90 Å². The zero-order valence-corrected chi connectivity index (χ0v) is 14.4. The molecule has 23 heavy (non-hydrogen) atoms. The predicted molar refractivity (Wildman–Crippen MR) is 88.2 cm³/mol. The molecule has 0 bridgehead atoms. The number of hydrogen-bond donors (Lipinski definition) is 0. The standard InChI is InChI=1S/C17H25FN2O2S/c1-14-3-2-4-16(13-14)19-9-11-20(12-10-19)23(21,22)17-7-5-15(18)6-8-17/h5-8,14,16H,2-4,9-13H2,1H3/t14-,16+/m1/s1. The SMILES string of the molecule is C[C@@H]1CCC[C@H](N2CCN(S(=O)(=O)c3ccc(F)cc3)CC2)C1.